The summed E-state index contributed by atoms with van der Waals surface area (Å²) in [6.45, 7) is -0.462. The average molecular weight is 209 g/mol. The van der Waals surface area contributed by atoms with Gasteiger partial charge in [-0.25, -0.2) is 4.39 Å². The number of halogens is 1. The third-order valence-electron chi connectivity index (χ3n) is 2.32. The van der Waals surface area contributed by atoms with Crippen LogP contribution in [0.4, 0.5) is 10.1 Å². The van der Waals surface area contributed by atoms with Gasteiger partial charge in [-0.05, 0) is 18.1 Å². The van der Waals surface area contributed by atoms with Gasteiger partial charge in [0.1, 0.15) is 19.0 Å². The predicted molar refractivity (Wildman–Crippen MR) is 54.9 cm³/mol. The van der Waals surface area contributed by atoms with Crippen molar-refractivity contribution in [2.24, 2.45) is 0 Å². The van der Waals surface area contributed by atoms with Crippen LogP contribution in [0.5, 0.6) is 5.75 Å². The summed E-state index contributed by atoms with van der Waals surface area (Å²) >= 11 is 0. The monoisotopic (exact) mass is 209 g/mol. The molecule has 2 rings (SSSR count). The predicted octanol–water partition coefficient (Wildman–Crippen LogP) is 1.92. The fourth-order valence-electron chi connectivity index (χ4n) is 1.60. The van der Waals surface area contributed by atoms with E-state index in [2.05, 4.69) is 5.32 Å². The minimum Gasteiger partial charge on any atom is -0.491 e. The molecule has 0 radical (unpaired) electrons. The van der Waals surface area contributed by atoms with Crippen molar-refractivity contribution in [3.8, 4) is 5.75 Å². The zero-order chi connectivity index (χ0) is 10.7. The molecule has 15 heavy (non-hydrogen) atoms. The number of ether oxygens (including phenoxy) is 1. The summed E-state index contributed by atoms with van der Waals surface area (Å²) in [6.07, 6.45) is 1.28. The van der Waals surface area contributed by atoms with Gasteiger partial charge in [-0.1, -0.05) is 6.07 Å². The van der Waals surface area contributed by atoms with Crippen molar-refractivity contribution in [1.82, 2.24) is 0 Å². The first-order valence-electron chi connectivity index (χ1n) is 4.91. The lowest BCUT2D eigenvalue weighted by Gasteiger charge is -2.17. The highest BCUT2D eigenvalue weighted by molar-refractivity contribution is 5.94. The number of hydrogen-bond acceptors (Lipinski definition) is 2. The van der Waals surface area contributed by atoms with Crippen molar-refractivity contribution in [3.05, 3.63) is 23.8 Å². The smallest absolute Gasteiger partial charge is 0.224 e. The van der Waals surface area contributed by atoms with E-state index in [0.29, 0.717) is 12.2 Å². The number of hydrogen-bond donors (Lipinski definition) is 1. The van der Waals surface area contributed by atoms with Gasteiger partial charge in [-0.3, -0.25) is 4.79 Å². The third-order valence-corrected chi connectivity index (χ3v) is 2.32. The Labute approximate surface area is 87.2 Å². The number of anilines is 1. The van der Waals surface area contributed by atoms with Gasteiger partial charge in [0.15, 0.2) is 0 Å². The minimum absolute atomic E-state index is 0.0186. The van der Waals surface area contributed by atoms with Gasteiger partial charge in [-0.2, -0.15) is 0 Å². The molecule has 0 aromatic heterocycles. The molecular weight excluding hydrogens is 197 g/mol. The molecule has 4 heteroatoms. The van der Waals surface area contributed by atoms with Crippen LogP contribution in [-0.2, 0) is 11.2 Å². The van der Waals surface area contributed by atoms with Crippen LogP contribution in [0.25, 0.3) is 0 Å². The molecule has 1 aliphatic rings. The van der Waals surface area contributed by atoms with Crippen molar-refractivity contribution in [3.63, 3.8) is 0 Å². The van der Waals surface area contributed by atoms with E-state index in [4.69, 9.17) is 4.74 Å². The maximum atomic E-state index is 11.9. The molecule has 1 aromatic carbocycles. The summed E-state index contributed by atoms with van der Waals surface area (Å²) < 4.78 is 17.0. The van der Waals surface area contributed by atoms with E-state index in [1.165, 1.54) is 0 Å². The number of carbonyl (C=O) groups excluding carboxylic acids is 1. The van der Waals surface area contributed by atoms with E-state index in [1.54, 1.807) is 12.1 Å². The van der Waals surface area contributed by atoms with E-state index in [9.17, 15) is 9.18 Å². The summed E-state index contributed by atoms with van der Waals surface area (Å²) in [5.74, 6) is 0.610. The van der Waals surface area contributed by atoms with Crippen LogP contribution in [0, 0.1) is 0 Å². The highest BCUT2D eigenvalue weighted by Gasteiger charge is 2.14. The second kappa shape index (κ2) is 4.29. The molecule has 0 spiro atoms. The molecule has 1 amide bonds. The lowest BCUT2D eigenvalue weighted by Crippen LogP contribution is -2.18. The van der Waals surface area contributed by atoms with Crippen molar-refractivity contribution in [1.29, 1.82) is 0 Å². The Hall–Kier alpha value is -1.58. The molecule has 1 heterocycles. The first kappa shape index (κ1) is 9.96. The van der Waals surface area contributed by atoms with Gasteiger partial charge in [-0.15, -0.1) is 0 Å². The van der Waals surface area contributed by atoms with Crippen molar-refractivity contribution in [2.45, 2.75) is 12.8 Å². The zero-order valence-electron chi connectivity index (χ0n) is 8.25. The van der Waals surface area contributed by atoms with Gasteiger partial charge in [0, 0.05) is 18.2 Å². The number of aryl methyl sites for hydroxylation is 1. The maximum absolute atomic E-state index is 11.9. The van der Waals surface area contributed by atoms with E-state index in [1.807, 2.05) is 6.07 Å². The maximum Gasteiger partial charge on any atom is 0.224 e. The Balaban J connectivity index is 2.17. The fraction of sp³-hybridized carbons (Fsp3) is 0.364. The number of amides is 1. The molecule has 0 saturated carbocycles. The largest absolute Gasteiger partial charge is 0.491 e. The highest BCUT2D eigenvalue weighted by atomic mass is 19.1. The fourth-order valence-corrected chi connectivity index (χ4v) is 1.60. The van der Waals surface area contributed by atoms with Crippen LogP contribution in [0.15, 0.2) is 18.2 Å². The van der Waals surface area contributed by atoms with Gasteiger partial charge in [0.25, 0.3) is 0 Å². The number of carbonyl (C=O) groups is 1. The third kappa shape index (κ3) is 2.26. The molecule has 3 nitrogen and oxygen atoms in total. The minimum atomic E-state index is -0.510. The summed E-state index contributed by atoms with van der Waals surface area (Å²) in [5.41, 5.74) is 1.88. The van der Waals surface area contributed by atoms with Gasteiger partial charge < -0.3 is 10.1 Å². The molecule has 0 unspecified atom stereocenters. The molecular formula is C11H12FNO2. The summed E-state index contributed by atoms with van der Waals surface area (Å²) in [6, 6.07) is 5.44. The lowest BCUT2D eigenvalue weighted by atomic mass is 10.0. The lowest BCUT2D eigenvalue weighted by molar-refractivity contribution is -0.116. The Morgan fingerprint density at radius 3 is 3.07 bits per heavy atom. The molecule has 1 aromatic rings. The normalized spacial score (nSPS) is 14.3. The Morgan fingerprint density at radius 2 is 2.27 bits per heavy atom. The van der Waals surface area contributed by atoms with Crippen molar-refractivity contribution >= 4 is 11.6 Å². The SMILES string of the molecule is O=C1CCc2ccc(OCCF)cc2N1. The van der Waals surface area contributed by atoms with Gasteiger partial charge in [0.2, 0.25) is 5.91 Å². The van der Waals surface area contributed by atoms with Crippen LogP contribution in [0.1, 0.15) is 12.0 Å². The summed E-state index contributed by atoms with van der Waals surface area (Å²) in [7, 11) is 0. The number of alkyl halides is 1. The van der Waals surface area contributed by atoms with Gasteiger partial charge >= 0.3 is 0 Å². The molecule has 80 valence electrons. The molecule has 0 saturated heterocycles. The van der Waals surface area contributed by atoms with Crippen LogP contribution in [0.3, 0.4) is 0 Å². The molecule has 0 bridgehead atoms. The molecule has 0 aliphatic carbocycles. The van der Waals surface area contributed by atoms with Gasteiger partial charge in [0.05, 0.1) is 0 Å². The standard InChI is InChI=1S/C11H12FNO2/c12-5-6-15-9-3-1-8-2-4-11(14)13-10(8)7-9/h1,3,7H,2,4-6H2,(H,13,14). The second-order valence-electron chi connectivity index (χ2n) is 3.40. The summed E-state index contributed by atoms with van der Waals surface area (Å²) in [4.78, 5) is 11.1. The Kier molecular flexibility index (Phi) is 2.85. The number of benzene rings is 1. The Morgan fingerprint density at radius 1 is 1.40 bits per heavy atom. The topological polar surface area (TPSA) is 38.3 Å². The van der Waals surface area contributed by atoms with E-state index in [-0.39, 0.29) is 12.5 Å². The number of fused-ring (bicyclic) bond motifs is 1. The number of rotatable bonds is 3. The van der Waals surface area contributed by atoms with Crippen molar-refractivity contribution in [2.75, 3.05) is 18.6 Å². The van der Waals surface area contributed by atoms with Crippen molar-refractivity contribution < 1.29 is 13.9 Å². The molecule has 0 fully saturated rings. The molecule has 1 aliphatic heterocycles. The molecule has 1 N–H and O–H groups in total. The first-order chi connectivity index (χ1) is 7.29. The average Bonchev–Trinajstić information content (AvgIpc) is 2.25. The Bertz CT molecular complexity index is 379. The highest BCUT2D eigenvalue weighted by Crippen LogP contribution is 2.26. The van der Waals surface area contributed by atoms with E-state index in [0.717, 1.165) is 17.7 Å². The quantitative estimate of drug-likeness (QED) is 0.825. The molecule has 0 atom stereocenters. The van der Waals surface area contributed by atoms with E-state index >= 15 is 0 Å². The zero-order valence-corrected chi connectivity index (χ0v) is 8.25. The van der Waals surface area contributed by atoms with Crippen LogP contribution < -0.4 is 10.1 Å². The first-order valence-corrected chi connectivity index (χ1v) is 4.91. The number of nitrogens with one attached hydrogen (secondary N) is 1. The van der Waals surface area contributed by atoms with Crippen LogP contribution >= 0.6 is 0 Å². The van der Waals surface area contributed by atoms with Crippen LogP contribution in [0.2, 0.25) is 0 Å². The van der Waals surface area contributed by atoms with Crippen LogP contribution in [-0.4, -0.2) is 19.2 Å². The second-order valence-corrected chi connectivity index (χ2v) is 3.40. The summed E-state index contributed by atoms with van der Waals surface area (Å²) in [5, 5.41) is 2.76. The van der Waals surface area contributed by atoms with E-state index < -0.39 is 6.67 Å².